The molecule has 4 N–H and O–H groups in total. The van der Waals surface area contributed by atoms with E-state index in [9.17, 15) is 18.8 Å². The van der Waals surface area contributed by atoms with Gasteiger partial charge in [-0.25, -0.2) is 4.39 Å². The van der Waals surface area contributed by atoms with E-state index in [-0.39, 0.29) is 30.9 Å². The number of primary amides is 2. The third-order valence-corrected chi connectivity index (χ3v) is 2.60. The number of ketones is 1. The number of benzene rings is 1. The Bertz CT molecular complexity index is 546. The van der Waals surface area contributed by atoms with Gasteiger partial charge >= 0.3 is 0 Å². The second-order valence-electron chi connectivity index (χ2n) is 4.35. The topological polar surface area (TPSA) is 116 Å². The maximum Gasteiger partial charge on any atom is 0.231 e. The molecule has 0 saturated carbocycles. The number of halogens is 1. The van der Waals surface area contributed by atoms with Crippen molar-refractivity contribution < 1.29 is 23.5 Å². The Morgan fingerprint density at radius 2 is 1.71 bits per heavy atom. The lowest BCUT2D eigenvalue weighted by Crippen LogP contribution is -2.42. The van der Waals surface area contributed by atoms with Crippen molar-refractivity contribution in [3.8, 4) is 5.75 Å². The van der Waals surface area contributed by atoms with Gasteiger partial charge in [0.15, 0.2) is 17.3 Å². The van der Waals surface area contributed by atoms with Crippen LogP contribution in [0.5, 0.6) is 5.75 Å². The molecule has 21 heavy (non-hydrogen) atoms. The Labute approximate surface area is 120 Å². The van der Waals surface area contributed by atoms with Crippen LogP contribution in [0.1, 0.15) is 10.4 Å². The molecule has 0 aliphatic carbocycles. The summed E-state index contributed by atoms with van der Waals surface area (Å²) in [7, 11) is 1.31. The van der Waals surface area contributed by atoms with Crippen molar-refractivity contribution in [3.63, 3.8) is 0 Å². The monoisotopic (exact) mass is 297 g/mol. The molecule has 2 amide bonds. The largest absolute Gasteiger partial charge is 0.494 e. The van der Waals surface area contributed by atoms with Crippen molar-refractivity contribution in [2.24, 2.45) is 11.5 Å². The minimum absolute atomic E-state index is 0.0117. The molecule has 0 aliphatic rings. The van der Waals surface area contributed by atoms with Crippen molar-refractivity contribution in [3.05, 3.63) is 29.6 Å². The van der Waals surface area contributed by atoms with E-state index < -0.39 is 23.4 Å². The normalized spacial score (nSPS) is 10.4. The lowest BCUT2D eigenvalue weighted by molar-refractivity contribution is -0.121. The van der Waals surface area contributed by atoms with Gasteiger partial charge in [0.25, 0.3) is 0 Å². The van der Waals surface area contributed by atoms with Crippen LogP contribution < -0.4 is 16.2 Å². The van der Waals surface area contributed by atoms with Gasteiger partial charge in [0.2, 0.25) is 11.8 Å². The molecule has 1 aromatic carbocycles. The van der Waals surface area contributed by atoms with Crippen LogP contribution in [0.2, 0.25) is 0 Å². The number of nitrogens with two attached hydrogens (primary N) is 2. The van der Waals surface area contributed by atoms with Gasteiger partial charge < -0.3 is 16.2 Å². The van der Waals surface area contributed by atoms with Gasteiger partial charge in [-0.3, -0.25) is 19.3 Å². The second-order valence-corrected chi connectivity index (χ2v) is 4.35. The van der Waals surface area contributed by atoms with Crippen LogP contribution in [-0.4, -0.2) is 49.2 Å². The van der Waals surface area contributed by atoms with Crippen molar-refractivity contribution in [1.29, 1.82) is 0 Å². The number of rotatable bonds is 8. The highest BCUT2D eigenvalue weighted by Crippen LogP contribution is 2.18. The molecule has 0 bridgehead atoms. The molecular weight excluding hydrogens is 281 g/mol. The highest BCUT2D eigenvalue weighted by atomic mass is 19.1. The van der Waals surface area contributed by atoms with Crippen molar-refractivity contribution in [2.75, 3.05) is 26.7 Å². The van der Waals surface area contributed by atoms with Crippen LogP contribution in [0.25, 0.3) is 0 Å². The lowest BCUT2D eigenvalue weighted by atomic mass is 10.1. The Morgan fingerprint density at radius 3 is 2.14 bits per heavy atom. The fourth-order valence-corrected chi connectivity index (χ4v) is 1.74. The first-order valence-corrected chi connectivity index (χ1v) is 5.99. The molecular formula is C13H16FN3O4. The zero-order chi connectivity index (χ0) is 16.0. The third kappa shape index (κ3) is 5.19. The smallest absolute Gasteiger partial charge is 0.231 e. The predicted molar refractivity (Wildman–Crippen MR) is 72.1 cm³/mol. The molecule has 0 aromatic heterocycles. The summed E-state index contributed by atoms with van der Waals surface area (Å²) < 4.78 is 18.3. The fraction of sp³-hybridized carbons (Fsp3) is 0.308. The summed E-state index contributed by atoms with van der Waals surface area (Å²) in [5.41, 5.74) is 10.1. The van der Waals surface area contributed by atoms with Crippen LogP contribution in [0.3, 0.4) is 0 Å². The van der Waals surface area contributed by atoms with E-state index >= 15 is 0 Å². The van der Waals surface area contributed by atoms with E-state index in [2.05, 4.69) is 0 Å². The number of nitrogens with zero attached hydrogens (tertiary/aromatic N) is 1. The summed E-state index contributed by atoms with van der Waals surface area (Å²) in [4.78, 5) is 35.0. The highest BCUT2D eigenvalue weighted by Gasteiger charge is 2.17. The first kappa shape index (κ1) is 16.6. The average Bonchev–Trinajstić information content (AvgIpc) is 2.36. The molecule has 1 rings (SSSR count). The summed E-state index contributed by atoms with van der Waals surface area (Å²) >= 11 is 0. The van der Waals surface area contributed by atoms with E-state index in [0.717, 1.165) is 6.07 Å². The molecule has 7 nitrogen and oxygen atoms in total. The number of Topliss-reactive ketones (excluding diaryl/α,β-unsaturated/α-hetero) is 1. The zero-order valence-corrected chi connectivity index (χ0v) is 11.5. The van der Waals surface area contributed by atoms with Crippen LogP contribution in [0.15, 0.2) is 18.2 Å². The minimum atomic E-state index is -0.704. The first-order chi connectivity index (χ1) is 9.83. The maximum atomic E-state index is 13.5. The molecule has 114 valence electrons. The standard InChI is InChI=1S/C13H16FN3O4/c1-21-11-3-2-8(4-9(11)14)10(18)5-17(6-12(15)19)7-13(16)20/h2-4H,5-7H2,1H3,(H2,15,19)(H2,16,20). The Kier molecular flexibility index (Phi) is 5.79. The fourth-order valence-electron chi connectivity index (χ4n) is 1.74. The van der Waals surface area contributed by atoms with E-state index in [1.807, 2.05) is 0 Å². The van der Waals surface area contributed by atoms with Crippen LogP contribution in [0, 0.1) is 5.82 Å². The van der Waals surface area contributed by atoms with Gasteiger partial charge in [-0.05, 0) is 18.2 Å². The molecule has 0 spiro atoms. The van der Waals surface area contributed by atoms with Crippen molar-refractivity contribution >= 4 is 17.6 Å². The van der Waals surface area contributed by atoms with E-state index in [4.69, 9.17) is 16.2 Å². The summed E-state index contributed by atoms with van der Waals surface area (Å²) in [6.07, 6.45) is 0. The molecule has 0 atom stereocenters. The molecule has 8 heteroatoms. The zero-order valence-electron chi connectivity index (χ0n) is 11.5. The predicted octanol–water partition coefficient (Wildman–Crippen LogP) is -0.710. The number of hydrogen-bond donors (Lipinski definition) is 2. The lowest BCUT2D eigenvalue weighted by Gasteiger charge is -2.18. The SMILES string of the molecule is COc1ccc(C(=O)CN(CC(N)=O)CC(N)=O)cc1F. The Morgan fingerprint density at radius 1 is 1.14 bits per heavy atom. The Hall–Kier alpha value is -2.48. The highest BCUT2D eigenvalue weighted by molar-refractivity contribution is 5.98. The number of carbonyl (C=O) groups excluding carboxylic acids is 3. The molecule has 0 fully saturated rings. The molecule has 0 unspecified atom stereocenters. The van der Waals surface area contributed by atoms with E-state index in [1.54, 1.807) is 0 Å². The summed E-state index contributed by atoms with van der Waals surface area (Å²) in [5, 5.41) is 0. The molecule has 0 aliphatic heterocycles. The summed E-state index contributed by atoms with van der Waals surface area (Å²) in [6.45, 7) is -0.877. The van der Waals surface area contributed by atoms with Gasteiger partial charge in [0.1, 0.15) is 0 Å². The third-order valence-electron chi connectivity index (χ3n) is 2.60. The first-order valence-electron chi connectivity index (χ1n) is 5.99. The molecule has 0 heterocycles. The van der Waals surface area contributed by atoms with Gasteiger partial charge in [0.05, 0.1) is 26.7 Å². The molecule has 0 radical (unpaired) electrons. The van der Waals surface area contributed by atoms with Crippen molar-refractivity contribution in [1.82, 2.24) is 4.90 Å². The van der Waals surface area contributed by atoms with Crippen molar-refractivity contribution in [2.45, 2.75) is 0 Å². The quantitative estimate of drug-likeness (QED) is 0.615. The van der Waals surface area contributed by atoms with E-state index in [1.165, 1.54) is 24.1 Å². The van der Waals surface area contributed by atoms with Crippen LogP contribution in [0.4, 0.5) is 4.39 Å². The van der Waals surface area contributed by atoms with Crippen LogP contribution >= 0.6 is 0 Å². The van der Waals surface area contributed by atoms with Crippen LogP contribution in [-0.2, 0) is 9.59 Å². The van der Waals surface area contributed by atoms with Gasteiger partial charge in [-0.1, -0.05) is 0 Å². The number of ether oxygens (including phenoxy) is 1. The van der Waals surface area contributed by atoms with Gasteiger partial charge in [-0.2, -0.15) is 0 Å². The maximum absolute atomic E-state index is 13.5. The number of methoxy groups -OCH3 is 1. The molecule has 0 saturated heterocycles. The summed E-state index contributed by atoms with van der Waals surface area (Å²) in [5.74, 6) is -2.55. The van der Waals surface area contributed by atoms with E-state index in [0.29, 0.717) is 0 Å². The second kappa shape index (κ2) is 7.34. The average molecular weight is 297 g/mol. The number of hydrogen-bond acceptors (Lipinski definition) is 5. The number of carbonyl (C=O) groups is 3. The Balaban J connectivity index is 2.83. The minimum Gasteiger partial charge on any atom is -0.494 e. The van der Waals surface area contributed by atoms with Gasteiger partial charge in [0, 0.05) is 5.56 Å². The number of amides is 2. The van der Waals surface area contributed by atoms with Gasteiger partial charge in [-0.15, -0.1) is 0 Å². The molecule has 1 aromatic rings. The summed E-state index contributed by atoms with van der Waals surface area (Å²) in [6, 6.07) is 3.72.